The molecule has 2 heteroatoms. The van der Waals surface area contributed by atoms with Crippen molar-refractivity contribution >= 4 is 11.6 Å². The van der Waals surface area contributed by atoms with Gasteiger partial charge in [-0.1, -0.05) is 6.08 Å². The summed E-state index contributed by atoms with van der Waals surface area (Å²) in [5, 5.41) is 0. The molecule has 0 N–H and O–H groups in total. The van der Waals surface area contributed by atoms with Crippen LogP contribution in [0.5, 0.6) is 0 Å². The maximum absolute atomic E-state index is 11.9. The van der Waals surface area contributed by atoms with Crippen LogP contribution in [-0.4, -0.2) is 11.6 Å². The molecule has 2 nitrogen and oxygen atoms in total. The molecule has 16 heavy (non-hydrogen) atoms. The average Bonchev–Trinajstić information content (AvgIpc) is 2.56. The Morgan fingerprint density at radius 3 is 2.75 bits per heavy atom. The van der Waals surface area contributed by atoms with Crippen molar-refractivity contribution in [2.45, 2.75) is 45.4 Å². The van der Waals surface area contributed by atoms with Crippen LogP contribution in [0.15, 0.2) is 23.8 Å². The summed E-state index contributed by atoms with van der Waals surface area (Å²) in [5.74, 6) is 0.579. The molecular formula is C14H18O2. The van der Waals surface area contributed by atoms with Crippen molar-refractivity contribution in [3.63, 3.8) is 0 Å². The minimum atomic E-state index is -0.315. The van der Waals surface area contributed by atoms with Gasteiger partial charge in [-0.05, 0) is 43.8 Å². The van der Waals surface area contributed by atoms with Crippen molar-refractivity contribution in [1.82, 2.24) is 0 Å². The first-order valence-corrected chi connectivity index (χ1v) is 5.99. The Kier molecular flexibility index (Phi) is 2.83. The van der Waals surface area contributed by atoms with E-state index in [0.717, 1.165) is 36.8 Å². The topological polar surface area (TPSA) is 34.1 Å². The second-order valence-electron chi connectivity index (χ2n) is 4.96. The van der Waals surface area contributed by atoms with Gasteiger partial charge < -0.3 is 0 Å². The first-order valence-electron chi connectivity index (χ1n) is 5.99. The maximum atomic E-state index is 11.9. The van der Waals surface area contributed by atoms with E-state index in [-0.39, 0.29) is 11.2 Å². The van der Waals surface area contributed by atoms with Crippen molar-refractivity contribution in [2.24, 2.45) is 5.41 Å². The third kappa shape index (κ3) is 1.57. The lowest BCUT2D eigenvalue weighted by Crippen LogP contribution is -2.30. The molecule has 0 aromatic heterocycles. The normalized spacial score (nSPS) is 29.6. The predicted octanol–water partition coefficient (Wildman–Crippen LogP) is 2.98. The molecule has 0 unspecified atom stereocenters. The zero-order valence-electron chi connectivity index (χ0n) is 9.84. The number of allylic oxidation sites excluding steroid dienone is 3. The highest BCUT2D eigenvalue weighted by molar-refractivity contribution is 6.02. The van der Waals surface area contributed by atoms with Gasteiger partial charge in [0.05, 0.1) is 0 Å². The third-order valence-electron chi connectivity index (χ3n) is 4.03. The number of ketones is 2. The maximum Gasteiger partial charge on any atom is 0.158 e. The molecule has 0 bridgehead atoms. The van der Waals surface area contributed by atoms with E-state index in [2.05, 4.69) is 6.58 Å². The van der Waals surface area contributed by atoms with Crippen molar-refractivity contribution < 1.29 is 9.59 Å². The zero-order valence-corrected chi connectivity index (χ0v) is 9.84. The van der Waals surface area contributed by atoms with Crippen LogP contribution in [0, 0.1) is 5.41 Å². The van der Waals surface area contributed by atoms with E-state index >= 15 is 0 Å². The Bertz CT molecular complexity index is 390. The van der Waals surface area contributed by atoms with Crippen molar-refractivity contribution in [2.75, 3.05) is 0 Å². The number of hydrogen-bond acceptors (Lipinski definition) is 2. The highest BCUT2D eigenvalue weighted by atomic mass is 16.1. The fourth-order valence-electron chi connectivity index (χ4n) is 2.95. The van der Waals surface area contributed by atoms with Gasteiger partial charge in [0.25, 0.3) is 0 Å². The van der Waals surface area contributed by atoms with Crippen LogP contribution in [0.3, 0.4) is 0 Å². The van der Waals surface area contributed by atoms with E-state index in [1.165, 1.54) is 0 Å². The van der Waals surface area contributed by atoms with Crippen LogP contribution in [0.4, 0.5) is 0 Å². The highest BCUT2D eigenvalue weighted by Gasteiger charge is 2.46. The molecule has 0 amide bonds. The molecule has 1 saturated carbocycles. The molecule has 2 rings (SSSR count). The number of rotatable bonds is 3. The van der Waals surface area contributed by atoms with Gasteiger partial charge in [-0.15, -0.1) is 6.58 Å². The Balaban J connectivity index is 2.39. The van der Waals surface area contributed by atoms with E-state index < -0.39 is 0 Å². The van der Waals surface area contributed by atoms with Gasteiger partial charge in [-0.25, -0.2) is 0 Å². The predicted molar refractivity (Wildman–Crippen MR) is 63.0 cm³/mol. The Morgan fingerprint density at radius 2 is 2.06 bits per heavy atom. The fourth-order valence-corrected chi connectivity index (χ4v) is 2.95. The summed E-state index contributed by atoms with van der Waals surface area (Å²) in [7, 11) is 0. The molecule has 0 aromatic carbocycles. The minimum Gasteiger partial charge on any atom is -0.299 e. The van der Waals surface area contributed by atoms with Crippen LogP contribution in [0.1, 0.15) is 45.4 Å². The molecule has 2 aliphatic rings. The molecule has 0 aliphatic heterocycles. The largest absolute Gasteiger partial charge is 0.299 e. The fraction of sp³-hybridized carbons (Fsp3) is 0.571. The summed E-state index contributed by atoms with van der Waals surface area (Å²) in [6.07, 6.45) is 6.11. The first-order chi connectivity index (χ1) is 7.59. The van der Waals surface area contributed by atoms with Crippen LogP contribution in [-0.2, 0) is 9.59 Å². The second kappa shape index (κ2) is 4.00. The summed E-state index contributed by atoms with van der Waals surface area (Å²) in [6.45, 7) is 5.70. The lowest BCUT2D eigenvalue weighted by Gasteiger charge is -2.31. The molecule has 0 aromatic rings. The molecule has 0 heterocycles. The van der Waals surface area contributed by atoms with Gasteiger partial charge in [0, 0.05) is 18.3 Å². The van der Waals surface area contributed by atoms with E-state index in [4.69, 9.17) is 0 Å². The Labute approximate surface area is 96.4 Å². The van der Waals surface area contributed by atoms with Gasteiger partial charge in [0.15, 0.2) is 5.78 Å². The molecule has 86 valence electrons. The van der Waals surface area contributed by atoms with Crippen LogP contribution >= 0.6 is 0 Å². The summed E-state index contributed by atoms with van der Waals surface area (Å²) in [6, 6.07) is 0. The lowest BCUT2D eigenvalue weighted by atomic mass is 9.71. The summed E-state index contributed by atoms with van der Waals surface area (Å²) >= 11 is 0. The third-order valence-corrected chi connectivity index (χ3v) is 4.03. The van der Waals surface area contributed by atoms with Gasteiger partial charge >= 0.3 is 0 Å². The van der Waals surface area contributed by atoms with Gasteiger partial charge in [-0.2, -0.15) is 0 Å². The van der Waals surface area contributed by atoms with Gasteiger partial charge in [-0.3, -0.25) is 9.59 Å². The molecule has 0 radical (unpaired) electrons. The Morgan fingerprint density at radius 1 is 1.31 bits per heavy atom. The SMILES string of the molecule is C=CCCC1=C2CCC(=O)[C@@]2(C)CCC1=O. The van der Waals surface area contributed by atoms with E-state index in [9.17, 15) is 9.59 Å². The zero-order chi connectivity index (χ0) is 11.8. The molecule has 1 fully saturated rings. The van der Waals surface area contributed by atoms with E-state index in [0.29, 0.717) is 18.6 Å². The Hall–Kier alpha value is -1.18. The van der Waals surface area contributed by atoms with E-state index in [1.807, 2.05) is 13.0 Å². The first kappa shape index (κ1) is 11.3. The number of Topliss-reactive ketones (excluding diaryl/α,β-unsaturated/α-hetero) is 2. The summed E-state index contributed by atoms with van der Waals surface area (Å²) < 4.78 is 0. The number of carbonyl (C=O) groups excluding carboxylic acids is 2. The molecule has 0 saturated heterocycles. The van der Waals surface area contributed by atoms with Crippen molar-refractivity contribution in [1.29, 1.82) is 0 Å². The van der Waals surface area contributed by atoms with Crippen molar-refractivity contribution in [3.8, 4) is 0 Å². The molecular weight excluding hydrogens is 200 g/mol. The average molecular weight is 218 g/mol. The molecule has 0 spiro atoms. The van der Waals surface area contributed by atoms with Crippen LogP contribution in [0.2, 0.25) is 0 Å². The number of hydrogen-bond donors (Lipinski definition) is 0. The lowest BCUT2D eigenvalue weighted by molar-refractivity contribution is -0.125. The van der Waals surface area contributed by atoms with E-state index in [1.54, 1.807) is 0 Å². The van der Waals surface area contributed by atoms with Crippen molar-refractivity contribution in [3.05, 3.63) is 23.8 Å². The highest BCUT2D eigenvalue weighted by Crippen LogP contribution is 2.48. The summed E-state index contributed by atoms with van der Waals surface area (Å²) in [5.41, 5.74) is 1.75. The number of fused-ring (bicyclic) bond motifs is 1. The van der Waals surface area contributed by atoms with Gasteiger partial charge in [0.2, 0.25) is 0 Å². The van der Waals surface area contributed by atoms with Gasteiger partial charge in [0.1, 0.15) is 5.78 Å². The summed E-state index contributed by atoms with van der Waals surface area (Å²) in [4.78, 5) is 23.8. The minimum absolute atomic E-state index is 0.254. The van der Waals surface area contributed by atoms with Crippen LogP contribution in [0.25, 0.3) is 0 Å². The molecule has 1 atom stereocenters. The monoisotopic (exact) mass is 218 g/mol. The standard InChI is InChI=1S/C14H18O2/c1-3-4-5-10-11-6-7-13(16)14(11,2)9-8-12(10)15/h3H,1,4-9H2,2H3/t14-/m0/s1. The second-order valence-corrected chi connectivity index (χ2v) is 4.96. The molecule has 2 aliphatic carbocycles. The van der Waals surface area contributed by atoms with Crippen LogP contribution < -0.4 is 0 Å². The smallest absolute Gasteiger partial charge is 0.158 e. The quantitative estimate of drug-likeness (QED) is 0.682. The number of carbonyl (C=O) groups is 2.